The summed E-state index contributed by atoms with van der Waals surface area (Å²) in [5.41, 5.74) is 0.908. The molecule has 0 aromatic carbocycles. The fraction of sp³-hybridized carbons (Fsp3) is 0.533. The standard InChI is InChI=1S/C15H19N3O2/c1-18(13-6-5-12(10-16)17-11-13)15(9-14(19)20)7-3-2-4-8-15/h5-6,11H,2-4,7-9H2,1H3,(H,19,20). The van der Waals surface area contributed by atoms with Crippen LogP contribution in [0, 0.1) is 11.3 Å². The van der Waals surface area contributed by atoms with Crippen molar-refractivity contribution in [3.8, 4) is 6.07 Å². The largest absolute Gasteiger partial charge is 0.481 e. The number of carbonyl (C=O) groups is 1. The third-order valence-corrected chi connectivity index (χ3v) is 4.23. The Hall–Kier alpha value is -2.09. The highest BCUT2D eigenvalue weighted by Crippen LogP contribution is 2.38. The molecule has 1 aliphatic rings. The van der Waals surface area contributed by atoms with E-state index in [1.165, 1.54) is 6.42 Å². The molecule has 1 aromatic heterocycles. The zero-order chi connectivity index (χ0) is 14.6. The maximum atomic E-state index is 11.2. The monoisotopic (exact) mass is 273 g/mol. The lowest BCUT2D eigenvalue weighted by Crippen LogP contribution is -2.49. The molecule has 20 heavy (non-hydrogen) atoms. The van der Waals surface area contributed by atoms with Gasteiger partial charge < -0.3 is 10.0 Å². The normalized spacial score (nSPS) is 17.2. The van der Waals surface area contributed by atoms with E-state index in [-0.39, 0.29) is 12.0 Å². The molecule has 0 spiro atoms. The van der Waals surface area contributed by atoms with Crippen LogP contribution in [0.4, 0.5) is 5.69 Å². The van der Waals surface area contributed by atoms with Crippen LogP contribution in [0.15, 0.2) is 18.3 Å². The van der Waals surface area contributed by atoms with E-state index >= 15 is 0 Å². The van der Waals surface area contributed by atoms with Crippen molar-refractivity contribution in [2.24, 2.45) is 0 Å². The van der Waals surface area contributed by atoms with E-state index < -0.39 is 5.97 Å². The van der Waals surface area contributed by atoms with E-state index in [1.807, 2.05) is 24.1 Å². The van der Waals surface area contributed by atoms with Gasteiger partial charge in [0.15, 0.2) is 0 Å². The van der Waals surface area contributed by atoms with Crippen molar-refractivity contribution in [1.29, 1.82) is 5.26 Å². The Kier molecular flexibility index (Phi) is 4.23. The van der Waals surface area contributed by atoms with Crippen molar-refractivity contribution >= 4 is 11.7 Å². The molecule has 2 rings (SSSR count). The third kappa shape index (κ3) is 2.90. The van der Waals surface area contributed by atoms with Crippen molar-refractivity contribution in [3.05, 3.63) is 24.0 Å². The SMILES string of the molecule is CN(c1ccc(C#N)nc1)C1(CC(=O)O)CCCCC1. The van der Waals surface area contributed by atoms with Gasteiger partial charge in [-0.05, 0) is 25.0 Å². The predicted molar refractivity (Wildman–Crippen MR) is 75.4 cm³/mol. The van der Waals surface area contributed by atoms with Gasteiger partial charge in [0.1, 0.15) is 11.8 Å². The zero-order valence-electron chi connectivity index (χ0n) is 11.7. The minimum absolute atomic E-state index is 0.142. The first kappa shape index (κ1) is 14.3. The summed E-state index contributed by atoms with van der Waals surface area (Å²) in [5, 5.41) is 18.0. The summed E-state index contributed by atoms with van der Waals surface area (Å²) in [6, 6.07) is 5.50. The van der Waals surface area contributed by atoms with E-state index in [4.69, 9.17) is 5.26 Å². The molecule has 1 aromatic rings. The number of aromatic nitrogens is 1. The second-order valence-electron chi connectivity index (χ2n) is 5.43. The molecular weight excluding hydrogens is 254 g/mol. The van der Waals surface area contributed by atoms with Gasteiger partial charge in [-0.15, -0.1) is 0 Å². The van der Waals surface area contributed by atoms with Gasteiger partial charge >= 0.3 is 5.97 Å². The van der Waals surface area contributed by atoms with E-state index in [0.717, 1.165) is 31.4 Å². The summed E-state index contributed by atoms with van der Waals surface area (Å²) in [6.07, 6.45) is 6.84. The maximum absolute atomic E-state index is 11.2. The number of carboxylic acids is 1. The highest BCUT2D eigenvalue weighted by Gasteiger charge is 2.38. The number of anilines is 1. The number of carboxylic acid groups (broad SMARTS) is 1. The number of pyridine rings is 1. The molecule has 106 valence electrons. The molecule has 0 saturated heterocycles. The lowest BCUT2D eigenvalue weighted by Gasteiger charge is -2.45. The van der Waals surface area contributed by atoms with Crippen molar-refractivity contribution in [2.75, 3.05) is 11.9 Å². The van der Waals surface area contributed by atoms with E-state index in [9.17, 15) is 9.90 Å². The number of rotatable bonds is 4. The van der Waals surface area contributed by atoms with Crippen LogP contribution < -0.4 is 4.90 Å². The van der Waals surface area contributed by atoms with E-state index in [1.54, 1.807) is 12.3 Å². The summed E-state index contributed by atoms with van der Waals surface area (Å²) >= 11 is 0. The van der Waals surface area contributed by atoms with Gasteiger partial charge in [-0.2, -0.15) is 5.26 Å². The third-order valence-electron chi connectivity index (χ3n) is 4.23. The number of nitrogens with zero attached hydrogens (tertiary/aromatic N) is 3. The Morgan fingerprint density at radius 3 is 2.65 bits per heavy atom. The number of nitriles is 1. The first-order valence-electron chi connectivity index (χ1n) is 6.89. The average Bonchev–Trinajstić information content (AvgIpc) is 2.47. The van der Waals surface area contributed by atoms with Crippen molar-refractivity contribution < 1.29 is 9.90 Å². The number of aliphatic carboxylic acids is 1. The van der Waals surface area contributed by atoms with Crippen LogP contribution in [-0.2, 0) is 4.79 Å². The number of hydrogen-bond donors (Lipinski definition) is 1. The van der Waals surface area contributed by atoms with Crippen LogP contribution in [0.3, 0.4) is 0 Å². The lowest BCUT2D eigenvalue weighted by molar-refractivity contribution is -0.138. The molecule has 0 unspecified atom stereocenters. The lowest BCUT2D eigenvalue weighted by atomic mass is 9.78. The summed E-state index contributed by atoms with van der Waals surface area (Å²) < 4.78 is 0. The molecule has 0 aliphatic heterocycles. The minimum Gasteiger partial charge on any atom is -0.481 e. The molecule has 0 bridgehead atoms. The van der Waals surface area contributed by atoms with Gasteiger partial charge in [0.2, 0.25) is 0 Å². The molecular formula is C15H19N3O2. The Balaban J connectivity index is 2.27. The second kappa shape index (κ2) is 5.91. The summed E-state index contributed by atoms with van der Waals surface area (Å²) in [7, 11) is 1.93. The Bertz CT molecular complexity index is 513. The van der Waals surface area contributed by atoms with Crippen LogP contribution in [-0.4, -0.2) is 28.6 Å². The van der Waals surface area contributed by atoms with Crippen LogP contribution in [0.2, 0.25) is 0 Å². The second-order valence-corrected chi connectivity index (χ2v) is 5.43. The first-order valence-corrected chi connectivity index (χ1v) is 6.89. The molecule has 1 aliphatic carbocycles. The molecule has 0 radical (unpaired) electrons. The fourth-order valence-electron chi connectivity index (χ4n) is 3.05. The molecule has 1 heterocycles. The highest BCUT2D eigenvalue weighted by molar-refractivity contribution is 5.70. The van der Waals surface area contributed by atoms with Crippen molar-refractivity contribution in [3.63, 3.8) is 0 Å². The van der Waals surface area contributed by atoms with E-state index in [0.29, 0.717) is 5.69 Å². The fourth-order valence-corrected chi connectivity index (χ4v) is 3.05. The maximum Gasteiger partial charge on any atom is 0.305 e. The van der Waals surface area contributed by atoms with E-state index in [2.05, 4.69) is 4.98 Å². The molecule has 5 nitrogen and oxygen atoms in total. The topological polar surface area (TPSA) is 77.2 Å². The quantitative estimate of drug-likeness (QED) is 0.912. The Labute approximate surface area is 118 Å². The summed E-state index contributed by atoms with van der Waals surface area (Å²) in [4.78, 5) is 17.3. The van der Waals surface area contributed by atoms with Crippen LogP contribution in [0.25, 0.3) is 0 Å². The summed E-state index contributed by atoms with van der Waals surface area (Å²) in [6.45, 7) is 0. The van der Waals surface area contributed by atoms with Gasteiger partial charge in [-0.1, -0.05) is 19.3 Å². The molecule has 0 atom stereocenters. The van der Waals surface area contributed by atoms with Gasteiger partial charge in [-0.25, -0.2) is 4.98 Å². The highest BCUT2D eigenvalue weighted by atomic mass is 16.4. The van der Waals surface area contributed by atoms with Crippen molar-refractivity contribution in [2.45, 2.75) is 44.1 Å². The molecule has 5 heteroatoms. The Morgan fingerprint density at radius 1 is 1.45 bits per heavy atom. The van der Waals surface area contributed by atoms with Gasteiger partial charge in [0, 0.05) is 7.05 Å². The van der Waals surface area contributed by atoms with Crippen molar-refractivity contribution in [1.82, 2.24) is 4.98 Å². The van der Waals surface area contributed by atoms with Gasteiger partial charge in [-0.3, -0.25) is 4.79 Å². The smallest absolute Gasteiger partial charge is 0.305 e. The molecule has 1 fully saturated rings. The molecule has 0 amide bonds. The minimum atomic E-state index is -0.764. The molecule has 1 saturated carbocycles. The van der Waals surface area contributed by atoms with Crippen LogP contribution >= 0.6 is 0 Å². The van der Waals surface area contributed by atoms with Crippen LogP contribution in [0.1, 0.15) is 44.2 Å². The Morgan fingerprint density at radius 2 is 2.15 bits per heavy atom. The molecule has 1 N–H and O–H groups in total. The van der Waals surface area contributed by atoms with Gasteiger partial charge in [0.25, 0.3) is 0 Å². The first-order chi connectivity index (χ1) is 9.57. The summed E-state index contributed by atoms with van der Waals surface area (Å²) in [5.74, 6) is -0.764. The predicted octanol–water partition coefficient (Wildman–Crippen LogP) is 2.57. The number of hydrogen-bond acceptors (Lipinski definition) is 4. The van der Waals surface area contributed by atoms with Gasteiger partial charge in [0.05, 0.1) is 23.8 Å². The zero-order valence-corrected chi connectivity index (χ0v) is 11.7. The average molecular weight is 273 g/mol. The van der Waals surface area contributed by atoms with Crippen LogP contribution in [0.5, 0.6) is 0 Å².